The lowest BCUT2D eigenvalue weighted by Crippen LogP contribution is -2.68. The van der Waals surface area contributed by atoms with Crippen LogP contribution < -0.4 is 0 Å². The molecule has 21 aliphatic rings. The highest BCUT2D eigenvalue weighted by Gasteiger charge is 2.60. The van der Waals surface area contributed by atoms with Gasteiger partial charge < -0.3 is 171 Å². The zero-order valence-electron chi connectivity index (χ0n) is 71.5. The van der Waals surface area contributed by atoms with Crippen molar-refractivity contribution in [2.24, 2.45) is 0 Å². The van der Waals surface area contributed by atoms with Crippen LogP contribution in [0.15, 0.2) is 0 Å². The second-order valence-electron chi connectivity index (χ2n) is 32.9. The molecular formula is C70H126O56S7. The van der Waals surface area contributed by atoms with Crippen molar-refractivity contribution in [1.29, 1.82) is 0 Å². The summed E-state index contributed by atoms with van der Waals surface area (Å²) in [5, 5.41) is 172. The third kappa shape index (κ3) is 38.2. The average molecular weight is 2090 g/mol. The minimum atomic E-state index is -4.52. The molecule has 63 heteroatoms. The number of aliphatic hydroxyl groups is 14. The zero-order valence-corrected chi connectivity index (χ0v) is 77.2. The summed E-state index contributed by atoms with van der Waals surface area (Å²) in [5.41, 5.74) is 0. The van der Waals surface area contributed by atoms with Crippen LogP contribution in [0.5, 0.6) is 0 Å². The smallest absolute Gasteiger partial charge is 0.264 e. The fourth-order valence-corrected chi connectivity index (χ4v) is 19.1. The molecule has 133 heavy (non-hydrogen) atoms. The molecular weight excluding hydrogens is 1960 g/mol. The summed E-state index contributed by atoms with van der Waals surface area (Å²) in [6.07, 6.45) is -80.1. The molecule has 14 unspecified atom stereocenters. The fourth-order valence-electron chi connectivity index (χ4n) is 15.1. The topological polar surface area (TPSA) is 858 Å². The molecule has 0 saturated carbocycles. The third-order valence-electron chi connectivity index (χ3n) is 22.1. The van der Waals surface area contributed by atoms with Gasteiger partial charge in [-0.05, 0) is 89.9 Å². The van der Waals surface area contributed by atoms with E-state index in [1.807, 2.05) is 0 Å². The standard InChI is InChI=1S/C70H126O56S7/c71-43-50(78)64-113-36(29-106-15-1-8-22-127(85,86)87)57(43)120-65-51(79)44(72)59(38(114-65)31-108-17-3-10-24-129(91,92)93)122-67-53(81)46(74)61(40(116-67)33-110-19-5-12-26-131(97,98)99)124-69-55(83)48(76)63(42(118-69)35-112-21-7-14-28-133(103,104)105)126-70-56(84)49(77)62(41(119-70)34-111-20-6-13-27-132(100,101)102)125-68-54(82)47(75)60(39(117-68)32-109-18-4-11-25-130(94,95)96)123-66-52(80)45(73)58(121-64)37(115-66)30-107-16-2-9-23-128(88,89)90/h36-84H,1-35H2,(H,85,86,87)(H,88,89,90)(H,91,92,93)(H,94,95,96)(H,97,98,99)(H,100,101,102)(H,103,104,105)/t36?,37?,38?,39?,40?,41?,42?,43-,44-,45-,46-,47-,48-,49-,50?,51?,52?,53?,54?,55?,56?,57-,58-,59-,60-,61-,62-,63+,64-,65-,66-,67-,68-,69+,70-/m1/s1. The van der Waals surface area contributed by atoms with Crippen LogP contribution in [0.2, 0.25) is 0 Å². The van der Waals surface area contributed by atoms with Gasteiger partial charge in [0.1, 0.15) is 171 Å². The van der Waals surface area contributed by atoms with Gasteiger partial charge >= 0.3 is 0 Å². The van der Waals surface area contributed by atoms with Gasteiger partial charge in [-0.1, -0.05) is 0 Å². The first-order valence-electron chi connectivity index (χ1n) is 42.6. The highest BCUT2D eigenvalue weighted by Crippen LogP contribution is 2.40. The first kappa shape index (κ1) is 116. The van der Waals surface area contributed by atoms with E-state index in [0.29, 0.717) is 0 Å². The first-order valence-corrected chi connectivity index (χ1v) is 53.8. The highest BCUT2D eigenvalue weighted by molar-refractivity contribution is 7.87. The van der Waals surface area contributed by atoms with E-state index in [2.05, 4.69) is 0 Å². The molecule has 35 atom stereocenters. The lowest BCUT2D eigenvalue weighted by atomic mass is 9.95. The number of hydrogen-bond acceptors (Lipinski definition) is 49. The summed E-state index contributed by atoms with van der Waals surface area (Å²) < 4.78 is 357. The quantitative estimate of drug-likeness (QED) is 0.0199. The van der Waals surface area contributed by atoms with Crippen molar-refractivity contribution in [2.75, 3.05) is 133 Å². The Balaban J connectivity index is 1.24. The molecule has 21 fully saturated rings. The Morgan fingerprint density at radius 2 is 0.263 bits per heavy atom. The van der Waals surface area contributed by atoms with E-state index in [1.165, 1.54) is 0 Å². The van der Waals surface area contributed by atoms with E-state index in [-0.39, 0.29) is 136 Å². The molecule has 784 valence electrons. The number of ether oxygens (including phenoxy) is 21. The van der Waals surface area contributed by atoms with Crippen molar-refractivity contribution < 1.29 is 262 Å². The monoisotopic (exact) mass is 2090 g/mol. The van der Waals surface area contributed by atoms with Crippen molar-refractivity contribution in [2.45, 2.75) is 305 Å². The van der Waals surface area contributed by atoms with Crippen LogP contribution in [-0.4, -0.2) is 510 Å². The molecule has 0 spiro atoms. The summed E-state index contributed by atoms with van der Waals surface area (Å²) in [6, 6.07) is 0. The maximum absolute atomic E-state index is 12.3. The number of rotatable bonds is 49. The molecule has 0 radical (unpaired) electrons. The normalized spacial score (nSPS) is 37.9. The van der Waals surface area contributed by atoms with Crippen molar-refractivity contribution in [3.63, 3.8) is 0 Å². The summed E-state index contributed by atoms with van der Waals surface area (Å²) >= 11 is 0. The van der Waals surface area contributed by atoms with Gasteiger partial charge in [-0.15, -0.1) is 0 Å². The zero-order chi connectivity index (χ0) is 98.3. The Kier molecular flexibility index (Phi) is 46.8. The summed E-state index contributed by atoms with van der Waals surface area (Å²) in [4.78, 5) is 0. The third-order valence-corrected chi connectivity index (χ3v) is 27.7. The molecule has 0 aromatic rings. The van der Waals surface area contributed by atoms with E-state index in [9.17, 15) is 162 Å². The van der Waals surface area contributed by atoms with Crippen LogP contribution in [0.25, 0.3) is 0 Å². The first-order chi connectivity index (χ1) is 62.2. The molecule has 14 bridgehead atoms. The lowest BCUT2D eigenvalue weighted by molar-refractivity contribution is -0.397. The molecule has 21 aliphatic heterocycles. The molecule has 0 aromatic heterocycles. The van der Waals surface area contributed by atoms with Crippen LogP contribution in [0.3, 0.4) is 0 Å². The second-order valence-corrected chi connectivity index (χ2v) is 43.9. The summed E-state index contributed by atoms with van der Waals surface area (Å²) in [5.74, 6) is -5.29. The molecule has 21 rings (SSSR count). The van der Waals surface area contributed by atoms with Crippen LogP contribution in [0.4, 0.5) is 0 Å². The van der Waals surface area contributed by atoms with E-state index in [0.717, 1.165) is 0 Å². The minimum absolute atomic E-state index is 0.120. The molecule has 0 amide bonds. The van der Waals surface area contributed by atoms with Gasteiger partial charge in [0, 0.05) is 46.2 Å². The van der Waals surface area contributed by atoms with Gasteiger partial charge in [-0.2, -0.15) is 58.9 Å². The SMILES string of the molecule is O=S(=O)(O)CCCCOCC1O[C@@H]2O[C@@H]3C(COCCCCS(=O)(=O)O)O[C@H](O[C@@H]4C(COCCCCS(=O)(=O)O)O[C@H](O[C@H]5C(COCCCCS(=O)(=O)O)O[C@@H](O[C@@H]6C(COCCCCS(=O)(=O)O)O[C@H](O[C@@H]7C(COCCCCS(=O)(=O)O)O[C@H](O[C@@H]8C(COCCCCS(=O)(=O)O)O[C@H](O[C@H]1[C@H](O)C2O)C(O)[C@H]8O)C(O)[C@H]7O)C(O)[C@H]6O)C(O)[C@H]5O)C(O)[C@H]4O)C(O)[C@H]3O. The Labute approximate surface area is 766 Å². The highest BCUT2D eigenvalue weighted by atomic mass is 32.2. The van der Waals surface area contributed by atoms with Crippen molar-refractivity contribution >= 4 is 70.8 Å². The molecule has 0 aromatic carbocycles. The fraction of sp³-hybridized carbons (Fsp3) is 1.00. The van der Waals surface area contributed by atoms with Gasteiger partial charge in [0.15, 0.2) is 44.0 Å². The predicted octanol–water partition coefficient (Wildman–Crippen LogP) is -10.4. The van der Waals surface area contributed by atoms with Gasteiger partial charge in [-0.3, -0.25) is 31.9 Å². The number of unbranched alkanes of at least 4 members (excludes halogenated alkanes) is 7. The lowest BCUT2D eigenvalue weighted by Gasteiger charge is -2.50. The van der Waals surface area contributed by atoms with Gasteiger partial charge in [0.2, 0.25) is 0 Å². The molecule has 21 saturated heterocycles. The Bertz CT molecular complexity index is 3520. The van der Waals surface area contributed by atoms with Crippen molar-refractivity contribution in [1.82, 2.24) is 0 Å². The maximum Gasteiger partial charge on any atom is 0.264 e. The Hall–Kier alpha value is -2.03. The van der Waals surface area contributed by atoms with E-state index in [4.69, 9.17) is 99.5 Å². The van der Waals surface area contributed by atoms with Crippen LogP contribution in [0.1, 0.15) is 89.9 Å². The van der Waals surface area contributed by atoms with Crippen molar-refractivity contribution in [3.8, 4) is 0 Å². The minimum Gasteiger partial charge on any atom is -0.387 e. The predicted molar refractivity (Wildman–Crippen MR) is 434 cm³/mol. The summed E-state index contributed by atoms with van der Waals surface area (Å²) in [7, 11) is -31.6. The van der Waals surface area contributed by atoms with Gasteiger partial charge in [-0.25, -0.2) is 0 Å². The van der Waals surface area contributed by atoms with Crippen molar-refractivity contribution in [3.05, 3.63) is 0 Å². The second kappa shape index (κ2) is 53.5. The molecule has 21 heterocycles. The molecule has 0 aliphatic carbocycles. The van der Waals surface area contributed by atoms with Crippen LogP contribution in [0, 0.1) is 0 Å². The van der Waals surface area contributed by atoms with Crippen LogP contribution in [-0.2, 0) is 170 Å². The van der Waals surface area contributed by atoms with E-state index < -0.39 is 372 Å². The van der Waals surface area contributed by atoms with Gasteiger partial charge in [0.25, 0.3) is 70.8 Å². The van der Waals surface area contributed by atoms with Gasteiger partial charge in [0.05, 0.1) is 86.5 Å². The van der Waals surface area contributed by atoms with E-state index >= 15 is 0 Å². The summed E-state index contributed by atoms with van der Waals surface area (Å²) in [6.45, 7) is -8.33. The maximum atomic E-state index is 12.3. The molecule has 21 N–H and O–H groups in total. The van der Waals surface area contributed by atoms with E-state index in [1.54, 1.807) is 0 Å². The molecule has 56 nitrogen and oxygen atoms in total. The largest absolute Gasteiger partial charge is 0.387 e. The average Bonchev–Trinajstić information content (AvgIpc) is 0.854. The Morgan fingerprint density at radius 1 is 0.158 bits per heavy atom. The number of aliphatic hydroxyl groups excluding tert-OH is 14. The van der Waals surface area contributed by atoms with Crippen LogP contribution >= 0.6 is 0 Å². The number of hydrogen-bond donors (Lipinski definition) is 21. The Morgan fingerprint density at radius 3 is 0.361 bits per heavy atom.